The lowest BCUT2D eigenvalue weighted by Gasteiger charge is -2.22. The van der Waals surface area contributed by atoms with Gasteiger partial charge in [-0.15, -0.1) is 0 Å². The molecule has 2 fully saturated rings. The maximum Gasteiger partial charge on any atom is 0.410 e. The number of rotatable bonds is 6. The quantitative estimate of drug-likeness (QED) is 0.176. The summed E-state index contributed by atoms with van der Waals surface area (Å²) in [5.41, 5.74) is 6.99. The molecule has 0 spiro atoms. The fraction of sp³-hybridized carbons (Fsp3) is 0.250. The zero-order valence-corrected chi connectivity index (χ0v) is 27.5. The Morgan fingerprint density at radius 1 is 0.640 bits per heavy atom. The lowest BCUT2D eigenvalue weighted by atomic mass is 10.1. The molecule has 0 bridgehead atoms. The van der Waals surface area contributed by atoms with Gasteiger partial charge in [0.15, 0.2) is 0 Å². The van der Waals surface area contributed by atoms with Crippen LogP contribution in [-0.4, -0.2) is 55.0 Å². The molecule has 250 valence electrons. The highest BCUT2D eigenvalue weighted by Crippen LogP contribution is 2.33. The minimum absolute atomic E-state index is 0.164. The number of likely N-dealkylation sites (tertiary alicyclic amines) is 2. The summed E-state index contributed by atoms with van der Waals surface area (Å²) >= 11 is 0. The Kier molecular flexibility index (Phi) is 8.61. The second-order valence-corrected chi connectivity index (χ2v) is 12.7. The molecule has 8 rings (SSSR count). The molecule has 6 aromatic rings. The first-order valence-corrected chi connectivity index (χ1v) is 17.0. The molecule has 4 heterocycles. The minimum Gasteiger partial charge on any atom is -0.445 e. The third kappa shape index (κ3) is 6.63. The number of carbonyl (C=O) groups excluding carboxylic acids is 2. The number of aromatic nitrogens is 4. The lowest BCUT2D eigenvalue weighted by Crippen LogP contribution is -2.31. The number of ether oxygens (including phenoxy) is 2. The summed E-state index contributed by atoms with van der Waals surface area (Å²) in [7, 11) is 0. The Labute approximate surface area is 289 Å². The molecule has 2 saturated heterocycles. The van der Waals surface area contributed by atoms with Crippen LogP contribution in [0.15, 0.2) is 97.1 Å². The molecule has 0 radical (unpaired) electrons. The van der Waals surface area contributed by atoms with Crippen LogP contribution in [0.2, 0.25) is 0 Å². The number of H-pyrrole nitrogens is 2. The van der Waals surface area contributed by atoms with Gasteiger partial charge in [0.05, 0.1) is 34.2 Å². The van der Waals surface area contributed by atoms with Gasteiger partial charge in [-0.2, -0.15) is 0 Å². The molecule has 0 aliphatic carbocycles. The monoisotopic (exact) mass is 664 g/mol. The van der Waals surface area contributed by atoms with E-state index in [9.17, 15) is 9.59 Å². The smallest absolute Gasteiger partial charge is 0.410 e. The summed E-state index contributed by atoms with van der Waals surface area (Å²) in [6, 6.07) is 30.9. The lowest BCUT2D eigenvalue weighted by molar-refractivity contribution is 0.0903. The van der Waals surface area contributed by atoms with Crippen molar-refractivity contribution >= 4 is 34.3 Å². The molecule has 4 aromatic carbocycles. The maximum absolute atomic E-state index is 13.0. The van der Waals surface area contributed by atoms with Crippen LogP contribution in [0.25, 0.3) is 22.1 Å². The highest BCUT2D eigenvalue weighted by molar-refractivity contribution is 5.79. The van der Waals surface area contributed by atoms with Crippen molar-refractivity contribution in [2.75, 3.05) is 13.1 Å². The minimum atomic E-state index is -0.327. The van der Waals surface area contributed by atoms with Crippen LogP contribution in [0.1, 0.15) is 71.7 Å². The van der Waals surface area contributed by atoms with E-state index in [1.165, 1.54) is 0 Å². The van der Waals surface area contributed by atoms with Crippen molar-refractivity contribution in [3.8, 4) is 11.8 Å². The molecule has 50 heavy (non-hydrogen) atoms. The molecule has 2 aliphatic rings. The van der Waals surface area contributed by atoms with Crippen LogP contribution in [0, 0.1) is 11.8 Å². The third-order valence-electron chi connectivity index (χ3n) is 9.37. The Hall–Kier alpha value is -6.08. The van der Waals surface area contributed by atoms with Gasteiger partial charge in [0.1, 0.15) is 24.9 Å². The molecule has 10 heteroatoms. The number of hydrogen-bond donors (Lipinski definition) is 2. The number of nitrogens with one attached hydrogen (secondary N) is 2. The molecular weight excluding hydrogens is 628 g/mol. The molecule has 2 aliphatic heterocycles. The SMILES string of the molecule is O=C(OCc1ccccc1)N1CCCC1c1nc2ccc(C#Cc3ccc4nc(C5CCCN5C(=O)OCc5ccccc5)[nH]c4c3)cc2[nH]1. The van der Waals surface area contributed by atoms with Gasteiger partial charge < -0.3 is 19.4 Å². The van der Waals surface area contributed by atoms with Crippen molar-refractivity contribution in [3.63, 3.8) is 0 Å². The highest BCUT2D eigenvalue weighted by Gasteiger charge is 2.34. The number of imidazole rings is 2. The van der Waals surface area contributed by atoms with Gasteiger partial charge in [-0.25, -0.2) is 19.6 Å². The summed E-state index contributed by atoms with van der Waals surface area (Å²) in [6.45, 7) is 1.75. The standard InChI is InChI=1S/C40H36N6O4/c47-39(49-25-29-9-3-1-4-10-29)45-21-7-13-35(45)37-41-31-19-17-27(23-33(31)43-37)15-16-28-18-20-32-34(24-28)44-38(42-32)36-14-8-22-46(36)40(48)50-26-30-11-5-2-6-12-30/h1-6,9-12,17-20,23-24,35-36H,7-8,13-14,21-22,25-26H2,(H,41,43)(H,42,44). The van der Waals surface area contributed by atoms with E-state index in [0.29, 0.717) is 13.1 Å². The van der Waals surface area contributed by atoms with E-state index < -0.39 is 0 Å². The second-order valence-electron chi connectivity index (χ2n) is 12.7. The van der Waals surface area contributed by atoms with Crippen LogP contribution in [0.5, 0.6) is 0 Å². The molecule has 2 aromatic heterocycles. The number of fused-ring (bicyclic) bond motifs is 2. The fourth-order valence-corrected chi connectivity index (χ4v) is 6.82. The van der Waals surface area contributed by atoms with Crippen LogP contribution in [0.3, 0.4) is 0 Å². The van der Waals surface area contributed by atoms with Crippen molar-refractivity contribution in [3.05, 3.63) is 131 Å². The van der Waals surface area contributed by atoms with Crippen LogP contribution < -0.4 is 0 Å². The van der Waals surface area contributed by atoms with Crippen molar-refractivity contribution in [2.45, 2.75) is 51.0 Å². The third-order valence-corrected chi connectivity index (χ3v) is 9.37. The molecule has 10 nitrogen and oxygen atoms in total. The number of nitrogens with zero attached hydrogens (tertiary/aromatic N) is 4. The van der Waals surface area contributed by atoms with Crippen LogP contribution in [-0.2, 0) is 22.7 Å². The van der Waals surface area contributed by atoms with E-state index in [1.54, 1.807) is 9.80 Å². The predicted octanol–water partition coefficient (Wildman–Crippen LogP) is 7.79. The van der Waals surface area contributed by atoms with E-state index in [4.69, 9.17) is 19.4 Å². The van der Waals surface area contributed by atoms with Gasteiger partial charge in [-0.1, -0.05) is 72.5 Å². The molecule has 0 saturated carbocycles. The van der Waals surface area contributed by atoms with Crippen LogP contribution in [0.4, 0.5) is 9.59 Å². The first kappa shape index (κ1) is 31.2. The average Bonchev–Trinajstić information content (AvgIpc) is 3.98. The highest BCUT2D eigenvalue weighted by atomic mass is 16.6. The van der Waals surface area contributed by atoms with E-state index in [2.05, 4.69) is 21.8 Å². The zero-order valence-electron chi connectivity index (χ0n) is 27.5. The van der Waals surface area contributed by atoms with Gasteiger partial charge in [-0.05, 0) is 73.2 Å². The summed E-state index contributed by atoms with van der Waals surface area (Å²) in [6.07, 6.45) is 2.77. The van der Waals surface area contributed by atoms with Gasteiger partial charge in [0.2, 0.25) is 0 Å². The summed E-state index contributed by atoms with van der Waals surface area (Å²) in [5, 5.41) is 0. The molecule has 2 amide bonds. The molecular formula is C40H36N6O4. The van der Waals surface area contributed by atoms with E-state index in [-0.39, 0.29) is 37.5 Å². The number of amides is 2. The predicted molar refractivity (Wildman–Crippen MR) is 189 cm³/mol. The van der Waals surface area contributed by atoms with Crippen molar-refractivity contribution in [1.82, 2.24) is 29.7 Å². The topological polar surface area (TPSA) is 116 Å². The molecule has 2 unspecified atom stereocenters. The first-order chi connectivity index (χ1) is 24.6. The summed E-state index contributed by atoms with van der Waals surface area (Å²) in [5.74, 6) is 8.07. The Morgan fingerprint density at radius 2 is 1.08 bits per heavy atom. The summed E-state index contributed by atoms with van der Waals surface area (Å²) in [4.78, 5) is 46.0. The number of hydrogen-bond acceptors (Lipinski definition) is 6. The Balaban J connectivity index is 0.938. The number of aromatic amines is 2. The van der Waals surface area contributed by atoms with Crippen LogP contribution >= 0.6 is 0 Å². The number of carbonyl (C=O) groups is 2. The van der Waals surface area contributed by atoms with Gasteiger partial charge in [-0.3, -0.25) is 9.80 Å². The van der Waals surface area contributed by atoms with Gasteiger partial charge >= 0.3 is 12.2 Å². The average molecular weight is 665 g/mol. The first-order valence-electron chi connectivity index (χ1n) is 17.0. The van der Waals surface area contributed by atoms with E-state index >= 15 is 0 Å². The largest absolute Gasteiger partial charge is 0.445 e. The van der Waals surface area contributed by atoms with E-state index in [0.717, 1.165) is 81.7 Å². The Bertz CT molecular complexity index is 2060. The molecule has 2 atom stereocenters. The fourth-order valence-electron chi connectivity index (χ4n) is 6.82. The van der Waals surface area contributed by atoms with Crippen molar-refractivity contribution in [2.24, 2.45) is 0 Å². The zero-order chi connectivity index (χ0) is 33.9. The van der Waals surface area contributed by atoms with Crippen molar-refractivity contribution < 1.29 is 19.1 Å². The van der Waals surface area contributed by atoms with E-state index in [1.807, 2.05) is 97.1 Å². The van der Waals surface area contributed by atoms with Gasteiger partial charge in [0, 0.05) is 24.2 Å². The second kappa shape index (κ2) is 13.8. The van der Waals surface area contributed by atoms with Gasteiger partial charge in [0.25, 0.3) is 0 Å². The summed E-state index contributed by atoms with van der Waals surface area (Å²) < 4.78 is 11.2. The molecule has 2 N–H and O–H groups in total. The Morgan fingerprint density at radius 3 is 1.52 bits per heavy atom. The maximum atomic E-state index is 13.0. The van der Waals surface area contributed by atoms with Crippen molar-refractivity contribution in [1.29, 1.82) is 0 Å². The number of benzene rings is 4. The normalized spacial score (nSPS) is 17.2.